The highest BCUT2D eigenvalue weighted by Crippen LogP contribution is 2.36. The van der Waals surface area contributed by atoms with Crippen molar-refractivity contribution in [2.75, 3.05) is 13.2 Å². The van der Waals surface area contributed by atoms with Crippen LogP contribution in [0.15, 0.2) is 29.8 Å². The predicted octanol–water partition coefficient (Wildman–Crippen LogP) is 2.42. The average molecular weight is 219 g/mol. The van der Waals surface area contributed by atoms with Crippen molar-refractivity contribution in [3.8, 4) is 11.5 Å². The molecule has 3 heteroatoms. The Balaban J connectivity index is 2.37. The Bertz CT molecular complexity index is 408. The molecule has 1 atom stereocenters. The van der Waals surface area contributed by atoms with Crippen molar-refractivity contribution in [2.45, 2.75) is 19.9 Å². The summed E-state index contributed by atoms with van der Waals surface area (Å²) in [7, 11) is 0. The minimum atomic E-state index is -0.137. The number of rotatable bonds is 2. The molecular weight excluding hydrogens is 202 g/mol. The predicted molar refractivity (Wildman–Crippen MR) is 63.8 cm³/mol. The van der Waals surface area contributed by atoms with Gasteiger partial charge in [0.25, 0.3) is 0 Å². The van der Waals surface area contributed by atoms with Gasteiger partial charge in [0.15, 0.2) is 11.5 Å². The molecule has 1 unspecified atom stereocenters. The fourth-order valence-electron chi connectivity index (χ4n) is 1.81. The number of hydrogen-bond acceptors (Lipinski definition) is 3. The van der Waals surface area contributed by atoms with E-state index in [1.54, 1.807) is 0 Å². The summed E-state index contributed by atoms with van der Waals surface area (Å²) in [5.41, 5.74) is 8.29. The normalized spacial score (nSPS) is 15.4. The van der Waals surface area contributed by atoms with Crippen LogP contribution in [0, 0.1) is 0 Å². The lowest BCUT2D eigenvalue weighted by molar-refractivity contribution is 0.169. The minimum absolute atomic E-state index is 0.137. The molecule has 1 aromatic carbocycles. The van der Waals surface area contributed by atoms with Crippen molar-refractivity contribution in [2.24, 2.45) is 5.73 Å². The summed E-state index contributed by atoms with van der Waals surface area (Å²) >= 11 is 0. The summed E-state index contributed by atoms with van der Waals surface area (Å²) in [4.78, 5) is 0. The maximum Gasteiger partial charge on any atom is 0.166 e. The third-order valence-corrected chi connectivity index (χ3v) is 2.47. The van der Waals surface area contributed by atoms with Crippen LogP contribution in [0.5, 0.6) is 11.5 Å². The van der Waals surface area contributed by atoms with Crippen molar-refractivity contribution in [1.82, 2.24) is 0 Å². The van der Waals surface area contributed by atoms with Gasteiger partial charge < -0.3 is 15.2 Å². The minimum Gasteiger partial charge on any atom is -0.486 e. The number of allylic oxidation sites excluding steroid dienone is 1. The number of para-hydroxylation sites is 1. The summed E-state index contributed by atoms with van der Waals surface area (Å²) < 4.78 is 11.1. The number of fused-ring (bicyclic) bond motifs is 1. The van der Waals surface area contributed by atoms with Gasteiger partial charge in [-0.2, -0.15) is 0 Å². The molecule has 0 fully saturated rings. The topological polar surface area (TPSA) is 44.5 Å². The van der Waals surface area contributed by atoms with Gasteiger partial charge in [-0.1, -0.05) is 23.8 Å². The molecule has 0 aromatic heterocycles. The highest BCUT2D eigenvalue weighted by atomic mass is 16.6. The molecule has 0 radical (unpaired) electrons. The van der Waals surface area contributed by atoms with Crippen LogP contribution in [-0.2, 0) is 0 Å². The molecular formula is C13H17NO2. The number of nitrogens with two attached hydrogens (primary N) is 1. The fraction of sp³-hybridized carbons (Fsp3) is 0.385. The van der Waals surface area contributed by atoms with Gasteiger partial charge in [-0.25, -0.2) is 0 Å². The van der Waals surface area contributed by atoms with Gasteiger partial charge in [-0.15, -0.1) is 0 Å². The molecule has 2 N–H and O–H groups in total. The summed E-state index contributed by atoms with van der Waals surface area (Å²) in [6.45, 7) is 5.26. The molecule has 2 rings (SSSR count). The molecule has 1 aromatic rings. The molecule has 0 amide bonds. The van der Waals surface area contributed by atoms with E-state index in [1.807, 2.05) is 38.1 Å². The van der Waals surface area contributed by atoms with Crippen molar-refractivity contribution >= 4 is 0 Å². The number of benzene rings is 1. The molecule has 1 aliphatic heterocycles. The van der Waals surface area contributed by atoms with Crippen LogP contribution in [0.4, 0.5) is 0 Å². The summed E-state index contributed by atoms with van der Waals surface area (Å²) in [6.07, 6.45) is 2.02. The maximum atomic E-state index is 6.11. The van der Waals surface area contributed by atoms with Gasteiger partial charge in [0.05, 0.1) is 6.04 Å². The van der Waals surface area contributed by atoms with E-state index >= 15 is 0 Å². The second-order valence-corrected chi connectivity index (χ2v) is 4.14. The van der Waals surface area contributed by atoms with Crippen molar-refractivity contribution < 1.29 is 9.47 Å². The molecule has 3 nitrogen and oxygen atoms in total. The van der Waals surface area contributed by atoms with E-state index in [0.29, 0.717) is 13.2 Å². The van der Waals surface area contributed by atoms with E-state index in [-0.39, 0.29) is 6.04 Å². The third kappa shape index (κ3) is 2.19. The Labute approximate surface area is 95.9 Å². The van der Waals surface area contributed by atoms with E-state index in [4.69, 9.17) is 15.2 Å². The number of ether oxygens (including phenoxy) is 2. The number of hydrogen-bond donors (Lipinski definition) is 1. The van der Waals surface area contributed by atoms with Crippen LogP contribution in [0.1, 0.15) is 25.5 Å². The van der Waals surface area contributed by atoms with Crippen LogP contribution in [0.25, 0.3) is 0 Å². The van der Waals surface area contributed by atoms with Crippen molar-refractivity contribution in [1.29, 1.82) is 0 Å². The lowest BCUT2D eigenvalue weighted by Crippen LogP contribution is -2.18. The zero-order valence-corrected chi connectivity index (χ0v) is 9.69. The van der Waals surface area contributed by atoms with Crippen molar-refractivity contribution in [3.63, 3.8) is 0 Å². The fourth-order valence-corrected chi connectivity index (χ4v) is 1.81. The SMILES string of the molecule is CC(C)=CC(N)c1cccc2c1OCCO2. The lowest BCUT2D eigenvalue weighted by atomic mass is 10.0. The molecule has 1 aliphatic rings. The van der Waals surface area contributed by atoms with Crippen LogP contribution in [0.3, 0.4) is 0 Å². The summed E-state index contributed by atoms with van der Waals surface area (Å²) in [6, 6.07) is 5.70. The Morgan fingerprint density at radius 1 is 1.31 bits per heavy atom. The third-order valence-electron chi connectivity index (χ3n) is 2.47. The first-order chi connectivity index (χ1) is 7.68. The van der Waals surface area contributed by atoms with Gasteiger partial charge in [-0.05, 0) is 19.9 Å². The maximum absolute atomic E-state index is 6.11. The average Bonchev–Trinajstić information content (AvgIpc) is 2.27. The first-order valence-electron chi connectivity index (χ1n) is 5.47. The Morgan fingerprint density at radius 3 is 2.81 bits per heavy atom. The molecule has 0 spiro atoms. The first-order valence-corrected chi connectivity index (χ1v) is 5.47. The molecule has 0 saturated heterocycles. The van der Waals surface area contributed by atoms with Gasteiger partial charge >= 0.3 is 0 Å². The highest BCUT2D eigenvalue weighted by Gasteiger charge is 2.18. The molecule has 0 aliphatic carbocycles. The van der Waals surface area contributed by atoms with Gasteiger partial charge in [-0.3, -0.25) is 0 Å². The molecule has 86 valence electrons. The van der Waals surface area contributed by atoms with Gasteiger partial charge in [0.1, 0.15) is 13.2 Å². The van der Waals surface area contributed by atoms with Crippen LogP contribution < -0.4 is 15.2 Å². The molecule has 0 bridgehead atoms. The van der Waals surface area contributed by atoms with E-state index in [2.05, 4.69) is 0 Å². The highest BCUT2D eigenvalue weighted by molar-refractivity contribution is 5.49. The lowest BCUT2D eigenvalue weighted by Gasteiger charge is -2.22. The summed E-state index contributed by atoms with van der Waals surface area (Å²) in [5.74, 6) is 1.58. The van der Waals surface area contributed by atoms with Gasteiger partial charge in [0.2, 0.25) is 0 Å². The zero-order valence-electron chi connectivity index (χ0n) is 9.69. The molecule has 0 saturated carbocycles. The standard InChI is InChI=1S/C13H17NO2/c1-9(2)8-11(14)10-4-3-5-12-13(10)16-7-6-15-12/h3-5,8,11H,6-7,14H2,1-2H3. The van der Waals surface area contributed by atoms with E-state index in [9.17, 15) is 0 Å². The monoisotopic (exact) mass is 219 g/mol. The zero-order chi connectivity index (χ0) is 11.5. The second-order valence-electron chi connectivity index (χ2n) is 4.14. The van der Waals surface area contributed by atoms with Crippen LogP contribution in [-0.4, -0.2) is 13.2 Å². The van der Waals surface area contributed by atoms with Gasteiger partial charge in [0, 0.05) is 5.56 Å². The van der Waals surface area contributed by atoms with E-state index < -0.39 is 0 Å². The molecule has 1 heterocycles. The first kappa shape index (κ1) is 11.0. The summed E-state index contributed by atoms with van der Waals surface area (Å²) in [5, 5.41) is 0. The van der Waals surface area contributed by atoms with E-state index in [0.717, 1.165) is 17.1 Å². The quantitative estimate of drug-likeness (QED) is 0.777. The largest absolute Gasteiger partial charge is 0.486 e. The van der Waals surface area contributed by atoms with Crippen molar-refractivity contribution in [3.05, 3.63) is 35.4 Å². The molecule has 16 heavy (non-hydrogen) atoms. The Morgan fingerprint density at radius 2 is 2.06 bits per heavy atom. The smallest absolute Gasteiger partial charge is 0.166 e. The Hall–Kier alpha value is -1.48. The Kier molecular flexibility index (Phi) is 3.15. The van der Waals surface area contributed by atoms with Crippen LogP contribution >= 0.6 is 0 Å². The second kappa shape index (κ2) is 4.58. The van der Waals surface area contributed by atoms with E-state index in [1.165, 1.54) is 5.57 Å². The van der Waals surface area contributed by atoms with Crippen LogP contribution in [0.2, 0.25) is 0 Å².